The Hall–Kier alpha value is -2.24. The molecule has 0 aliphatic heterocycles. The lowest BCUT2D eigenvalue weighted by Crippen LogP contribution is -2.30. The summed E-state index contributed by atoms with van der Waals surface area (Å²) in [6.45, 7) is 0.00226. The molecule has 0 fully saturated rings. The molecule has 2 aromatic rings. The first-order valence-corrected chi connectivity index (χ1v) is 8.27. The lowest BCUT2D eigenvalue weighted by molar-refractivity contribution is -0.124. The first-order chi connectivity index (χ1) is 12.0. The van der Waals surface area contributed by atoms with E-state index in [1.165, 1.54) is 12.1 Å². The molecule has 2 rings (SSSR count). The third-order valence-corrected chi connectivity index (χ3v) is 3.96. The van der Waals surface area contributed by atoms with Crippen LogP contribution in [0.1, 0.15) is 15.9 Å². The van der Waals surface area contributed by atoms with Crippen LogP contribution < -0.4 is 10.1 Å². The minimum absolute atomic E-state index is 0.121. The fourth-order valence-corrected chi connectivity index (χ4v) is 2.53. The SMILES string of the molecule is COc1ccccc1CCNC(=O)COC(=O)c1cc(Cl)ccc1Cl. The van der Waals surface area contributed by atoms with Gasteiger partial charge in [0.25, 0.3) is 5.91 Å². The van der Waals surface area contributed by atoms with E-state index in [2.05, 4.69) is 5.32 Å². The molecule has 0 aliphatic rings. The number of halogens is 2. The largest absolute Gasteiger partial charge is 0.496 e. The molecular weight excluding hydrogens is 365 g/mol. The Labute approximate surface area is 155 Å². The number of esters is 1. The zero-order valence-corrected chi connectivity index (χ0v) is 15.1. The first-order valence-electron chi connectivity index (χ1n) is 7.52. The maximum Gasteiger partial charge on any atom is 0.340 e. The summed E-state index contributed by atoms with van der Waals surface area (Å²) < 4.78 is 10.2. The summed E-state index contributed by atoms with van der Waals surface area (Å²) >= 11 is 11.7. The highest BCUT2D eigenvalue weighted by atomic mass is 35.5. The molecule has 0 atom stereocenters. The second kappa shape index (κ2) is 9.30. The number of hydrogen-bond donors (Lipinski definition) is 1. The van der Waals surface area contributed by atoms with Crippen molar-refractivity contribution in [2.75, 3.05) is 20.3 Å². The van der Waals surface area contributed by atoms with Crippen molar-refractivity contribution in [2.24, 2.45) is 0 Å². The first kappa shape index (κ1) is 19.1. The molecule has 0 aliphatic carbocycles. The quantitative estimate of drug-likeness (QED) is 0.745. The van der Waals surface area contributed by atoms with Gasteiger partial charge in [-0.3, -0.25) is 4.79 Å². The molecule has 7 heteroatoms. The van der Waals surface area contributed by atoms with E-state index >= 15 is 0 Å². The Morgan fingerprint density at radius 1 is 1.12 bits per heavy atom. The number of nitrogens with one attached hydrogen (secondary N) is 1. The van der Waals surface area contributed by atoms with Crippen molar-refractivity contribution in [1.82, 2.24) is 5.32 Å². The van der Waals surface area contributed by atoms with Crippen LogP contribution in [-0.2, 0) is 16.0 Å². The predicted molar refractivity (Wildman–Crippen MR) is 96.5 cm³/mol. The van der Waals surface area contributed by atoms with E-state index in [0.717, 1.165) is 11.3 Å². The highest BCUT2D eigenvalue weighted by Crippen LogP contribution is 2.21. The van der Waals surface area contributed by atoms with E-state index in [1.54, 1.807) is 13.2 Å². The molecule has 2 aromatic carbocycles. The van der Waals surface area contributed by atoms with Crippen LogP contribution in [0.5, 0.6) is 5.75 Å². The number of carbonyl (C=O) groups excluding carboxylic acids is 2. The van der Waals surface area contributed by atoms with Crippen LogP contribution in [0.25, 0.3) is 0 Å². The molecule has 0 bridgehead atoms. The van der Waals surface area contributed by atoms with Gasteiger partial charge in [-0.1, -0.05) is 41.4 Å². The minimum atomic E-state index is -0.702. The second-order valence-corrected chi connectivity index (χ2v) is 5.96. The zero-order valence-electron chi connectivity index (χ0n) is 13.6. The van der Waals surface area contributed by atoms with Crippen LogP contribution in [0, 0.1) is 0 Å². The van der Waals surface area contributed by atoms with Crippen molar-refractivity contribution in [3.63, 3.8) is 0 Å². The molecule has 1 N–H and O–H groups in total. The van der Waals surface area contributed by atoms with E-state index < -0.39 is 18.5 Å². The number of para-hydroxylation sites is 1. The minimum Gasteiger partial charge on any atom is -0.496 e. The molecule has 25 heavy (non-hydrogen) atoms. The number of rotatable bonds is 7. The van der Waals surface area contributed by atoms with Gasteiger partial charge in [0.2, 0.25) is 0 Å². The van der Waals surface area contributed by atoms with Crippen LogP contribution in [0.2, 0.25) is 10.0 Å². The summed E-state index contributed by atoms with van der Waals surface area (Å²) in [5, 5.41) is 3.26. The van der Waals surface area contributed by atoms with Crippen LogP contribution >= 0.6 is 23.2 Å². The van der Waals surface area contributed by atoms with Gasteiger partial charge in [-0.25, -0.2) is 4.79 Å². The van der Waals surface area contributed by atoms with E-state index in [-0.39, 0.29) is 10.6 Å². The number of benzene rings is 2. The van der Waals surface area contributed by atoms with Crippen molar-refractivity contribution in [1.29, 1.82) is 0 Å². The van der Waals surface area contributed by atoms with Crippen molar-refractivity contribution < 1.29 is 19.1 Å². The summed E-state index contributed by atoms with van der Waals surface area (Å²) in [5.74, 6) is -0.340. The highest BCUT2D eigenvalue weighted by molar-refractivity contribution is 6.35. The third kappa shape index (κ3) is 5.66. The van der Waals surface area contributed by atoms with Crippen molar-refractivity contribution in [2.45, 2.75) is 6.42 Å². The normalized spacial score (nSPS) is 10.2. The van der Waals surface area contributed by atoms with Gasteiger partial charge >= 0.3 is 5.97 Å². The Balaban J connectivity index is 1.79. The molecule has 0 unspecified atom stereocenters. The van der Waals surface area contributed by atoms with Gasteiger partial charge in [-0.2, -0.15) is 0 Å². The molecular formula is C18H17Cl2NO4. The molecule has 0 saturated carbocycles. The third-order valence-electron chi connectivity index (χ3n) is 3.39. The van der Waals surface area contributed by atoms with Crippen molar-refractivity contribution in [3.05, 3.63) is 63.6 Å². The average molecular weight is 382 g/mol. The van der Waals surface area contributed by atoms with E-state index in [0.29, 0.717) is 18.0 Å². The van der Waals surface area contributed by atoms with Gasteiger partial charge in [0.05, 0.1) is 17.7 Å². The van der Waals surface area contributed by atoms with Crippen molar-refractivity contribution in [3.8, 4) is 5.75 Å². The monoisotopic (exact) mass is 381 g/mol. The van der Waals surface area contributed by atoms with E-state index in [9.17, 15) is 9.59 Å². The molecule has 0 saturated heterocycles. The van der Waals surface area contributed by atoms with E-state index in [1.807, 2.05) is 24.3 Å². The standard InChI is InChI=1S/C18H17Cl2NO4/c1-24-16-5-3-2-4-12(16)8-9-21-17(22)11-25-18(23)14-10-13(19)6-7-15(14)20/h2-7,10H,8-9,11H2,1H3,(H,21,22). The predicted octanol–water partition coefficient (Wildman–Crippen LogP) is 3.52. The summed E-state index contributed by atoms with van der Waals surface area (Å²) in [5.41, 5.74) is 1.10. The van der Waals surface area contributed by atoms with Gasteiger partial charge in [-0.15, -0.1) is 0 Å². The van der Waals surface area contributed by atoms with Gasteiger partial charge in [-0.05, 0) is 36.2 Å². The topological polar surface area (TPSA) is 64.6 Å². The summed E-state index contributed by atoms with van der Waals surface area (Å²) in [7, 11) is 1.60. The number of hydrogen-bond acceptors (Lipinski definition) is 4. The Morgan fingerprint density at radius 3 is 2.64 bits per heavy atom. The Kier molecular flexibility index (Phi) is 7.10. The fourth-order valence-electron chi connectivity index (χ4n) is 2.16. The summed E-state index contributed by atoms with van der Waals surface area (Å²) in [6.07, 6.45) is 0.601. The van der Waals surface area contributed by atoms with Crippen LogP contribution in [0.3, 0.4) is 0 Å². The molecule has 132 valence electrons. The van der Waals surface area contributed by atoms with Crippen LogP contribution in [-0.4, -0.2) is 32.1 Å². The maximum atomic E-state index is 11.9. The second-order valence-electron chi connectivity index (χ2n) is 5.11. The number of ether oxygens (including phenoxy) is 2. The van der Waals surface area contributed by atoms with Crippen molar-refractivity contribution >= 4 is 35.1 Å². The smallest absolute Gasteiger partial charge is 0.340 e. The fraction of sp³-hybridized carbons (Fsp3) is 0.222. The van der Waals surface area contributed by atoms with E-state index in [4.69, 9.17) is 32.7 Å². The van der Waals surface area contributed by atoms with Gasteiger partial charge in [0, 0.05) is 11.6 Å². The summed E-state index contributed by atoms with van der Waals surface area (Å²) in [4.78, 5) is 23.7. The molecule has 0 heterocycles. The van der Waals surface area contributed by atoms with Gasteiger partial charge < -0.3 is 14.8 Å². The van der Waals surface area contributed by atoms with Crippen LogP contribution in [0.4, 0.5) is 0 Å². The number of carbonyl (C=O) groups is 2. The Morgan fingerprint density at radius 2 is 1.88 bits per heavy atom. The van der Waals surface area contributed by atoms with Gasteiger partial charge in [0.15, 0.2) is 6.61 Å². The molecule has 0 radical (unpaired) electrons. The molecule has 1 amide bonds. The highest BCUT2D eigenvalue weighted by Gasteiger charge is 2.14. The lowest BCUT2D eigenvalue weighted by Gasteiger charge is -2.10. The molecule has 0 aromatic heterocycles. The number of methoxy groups -OCH3 is 1. The summed E-state index contributed by atoms with van der Waals surface area (Å²) in [6, 6.07) is 12.0. The number of amides is 1. The molecule has 0 spiro atoms. The van der Waals surface area contributed by atoms with Crippen LogP contribution in [0.15, 0.2) is 42.5 Å². The maximum absolute atomic E-state index is 11.9. The lowest BCUT2D eigenvalue weighted by atomic mass is 10.1. The average Bonchev–Trinajstić information content (AvgIpc) is 2.62. The zero-order chi connectivity index (χ0) is 18.2. The Bertz CT molecular complexity index is 764. The van der Waals surface area contributed by atoms with Gasteiger partial charge in [0.1, 0.15) is 5.75 Å². The molecule has 5 nitrogen and oxygen atoms in total.